The third kappa shape index (κ3) is 3.45. The highest BCUT2D eigenvalue weighted by molar-refractivity contribution is 7.99. The maximum absolute atomic E-state index is 6.13. The average Bonchev–Trinajstić information content (AvgIpc) is 2.62. The van der Waals surface area contributed by atoms with Crippen LogP contribution in [0.2, 0.25) is 5.02 Å². The van der Waals surface area contributed by atoms with Crippen molar-refractivity contribution in [2.75, 3.05) is 22.1 Å². The van der Waals surface area contributed by atoms with E-state index in [1.54, 1.807) is 0 Å². The first kappa shape index (κ1) is 17.7. The molecule has 1 fully saturated rings. The first-order chi connectivity index (χ1) is 12.6. The minimum absolute atomic E-state index is 0.0848. The Morgan fingerprint density at radius 1 is 1.08 bits per heavy atom. The van der Waals surface area contributed by atoms with Gasteiger partial charge in [-0.15, -0.1) is 0 Å². The molecule has 0 bridgehead atoms. The van der Waals surface area contributed by atoms with Crippen LogP contribution < -0.4 is 10.6 Å². The van der Waals surface area contributed by atoms with E-state index in [4.69, 9.17) is 16.6 Å². The van der Waals surface area contributed by atoms with E-state index < -0.39 is 0 Å². The number of aliphatic imine (C=N–C) groups is 1. The van der Waals surface area contributed by atoms with E-state index >= 15 is 0 Å². The maximum Gasteiger partial charge on any atom is 0.127 e. The van der Waals surface area contributed by atoms with Gasteiger partial charge in [0.15, 0.2) is 0 Å². The van der Waals surface area contributed by atoms with E-state index in [0.717, 1.165) is 46.5 Å². The molecule has 0 aliphatic carbocycles. The minimum atomic E-state index is -0.0848. The van der Waals surface area contributed by atoms with Crippen molar-refractivity contribution >= 4 is 40.6 Å². The van der Waals surface area contributed by atoms with E-state index in [0.29, 0.717) is 6.54 Å². The van der Waals surface area contributed by atoms with Crippen LogP contribution in [0, 0.1) is 13.8 Å². The summed E-state index contributed by atoms with van der Waals surface area (Å²) >= 11 is 8.16. The summed E-state index contributed by atoms with van der Waals surface area (Å²) in [5.74, 6) is 3.38. The van der Waals surface area contributed by atoms with Gasteiger partial charge in [-0.25, -0.2) is 0 Å². The van der Waals surface area contributed by atoms with E-state index in [1.165, 1.54) is 16.8 Å². The van der Waals surface area contributed by atoms with Gasteiger partial charge in [0.25, 0.3) is 0 Å². The Balaban J connectivity index is 1.70. The molecule has 0 saturated carbocycles. The summed E-state index contributed by atoms with van der Waals surface area (Å²) in [5, 5.41) is 8.26. The van der Waals surface area contributed by atoms with Gasteiger partial charge in [0.1, 0.15) is 5.84 Å². The molecule has 0 radical (unpaired) electrons. The smallest absolute Gasteiger partial charge is 0.127 e. The first-order valence-electron chi connectivity index (χ1n) is 9.09. The highest BCUT2D eigenvalue weighted by atomic mass is 35.5. The zero-order valence-electron chi connectivity index (χ0n) is 15.2. The van der Waals surface area contributed by atoms with Crippen LogP contribution in [-0.4, -0.2) is 22.9 Å². The molecule has 136 valence electrons. The number of nitrogens with zero attached hydrogens (tertiary/aromatic N) is 1. The second-order valence-corrected chi connectivity index (χ2v) is 8.88. The molecule has 26 heavy (non-hydrogen) atoms. The molecule has 0 atom stereocenters. The lowest BCUT2D eigenvalue weighted by Gasteiger charge is -2.44. The second kappa shape index (κ2) is 7.16. The van der Waals surface area contributed by atoms with Gasteiger partial charge in [0.05, 0.1) is 23.5 Å². The molecule has 2 N–H and O–H groups in total. The number of fused-ring (bicyclic) bond motifs is 1. The Morgan fingerprint density at radius 3 is 2.54 bits per heavy atom. The highest BCUT2D eigenvalue weighted by Gasteiger charge is 2.41. The molecular formula is C21H24ClN3S. The molecule has 1 spiro atoms. The van der Waals surface area contributed by atoms with E-state index in [9.17, 15) is 0 Å². The summed E-state index contributed by atoms with van der Waals surface area (Å²) in [5.41, 5.74) is 5.99. The normalized spacial score (nSPS) is 19.7. The Bertz CT molecular complexity index is 856. The predicted molar refractivity (Wildman–Crippen MR) is 115 cm³/mol. The molecule has 3 nitrogen and oxygen atoms in total. The van der Waals surface area contributed by atoms with Gasteiger partial charge in [0.2, 0.25) is 0 Å². The molecular weight excluding hydrogens is 362 g/mol. The van der Waals surface area contributed by atoms with Crippen molar-refractivity contribution in [1.29, 1.82) is 0 Å². The van der Waals surface area contributed by atoms with Crippen LogP contribution in [0.3, 0.4) is 0 Å². The number of aryl methyl sites for hydroxylation is 2. The van der Waals surface area contributed by atoms with Crippen molar-refractivity contribution in [3.63, 3.8) is 0 Å². The highest BCUT2D eigenvalue weighted by Crippen LogP contribution is 2.40. The fourth-order valence-corrected chi connectivity index (χ4v) is 5.07. The van der Waals surface area contributed by atoms with Gasteiger partial charge >= 0.3 is 0 Å². The molecule has 2 aliphatic rings. The standard InChI is InChI=1S/C21H24ClN3S/c1-14-10-18-19(11-15(14)2)25-21(6-8-26-9-7-21)20(24-18)23-13-16-4-3-5-17(22)12-16/h3-5,10-12,25H,6-9,13H2,1-2H3,(H,23,24). The van der Waals surface area contributed by atoms with E-state index in [2.05, 4.69) is 42.7 Å². The van der Waals surface area contributed by atoms with E-state index in [-0.39, 0.29) is 5.54 Å². The largest absolute Gasteiger partial charge is 0.371 e. The van der Waals surface area contributed by atoms with Crippen LogP contribution >= 0.6 is 23.4 Å². The van der Waals surface area contributed by atoms with Crippen LogP contribution in [-0.2, 0) is 6.54 Å². The molecule has 2 aliphatic heterocycles. The quantitative estimate of drug-likeness (QED) is 0.700. The summed E-state index contributed by atoms with van der Waals surface area (Å²) < 4.78 is 0. The van der Waals surface area contributed by atoms with Gasteiger partial charge < -0.3 is 10.6 Å². The number of halogens is 1. The number of nitrogens with one attached hydrogen (secondary N) is 2. The second-order valence-electron chi connectivity index (χ2n) is 7.22. The van der Waals surface area contributed by atoms with Crippen molar-refractivity contribution in [2.24, 2.45) is 4.99 Å². The van der Waals surface area contributed by atoms with Gasteiger partial charge in [-0.2, -0.15) is 11.8 Å². The summed E-state index contributed by atoms with van der Waals surface area (Å²) in [4.78, 5) is 5.00. The number of thioether (sulfide) groups is 1. The Morgan fingerprint density at radius 2 is 1.81 bits per heavy atom. The molecule has 4 rings (SSSR count). The van der Waals surface area contributed by atoms with Gasteiger partial charge in [0, 0.05) is 5.02 Å². The molecule has 1 saturated heterocycles. The molecule has 2 aromatic carbocycles. The summed E-state index contributed by atoms with van der Waals surface area (Å²) in [6.45, 7) is 4.96. The Labute approximate surface area is 164 Å². The lowest BCUT2D eigenvalue weighted by Crippen LogP contribution is -2.54. The molecule has 0 unspecified atom stereocenters. The number of hydrogen-bond acceptors (Lipinski definition) is 3. The first-order valence-corrected chi connectivity index (χ1v) is 10.6. The number of anilines is 2. The van der Waals surface area contributed by atoms with Crippen molar-refractivity contribution < 1.29 is 0 Å². The number of benzene rings is 2. The monoisotopic (exact) mass is 385 g/mol. The van der Waals surface area contributed by atoms with Crippen LogP contribution in [0.1, 0.15) is 29.5 Å². The van der Waals surface area contributed by atoms with Crippen LogP contribution in [0.25, 0.3) is 0 Å². The fourth-order valence-electron chi connectivity index (χ4n) is 3.67. The number of rotatable bonds is 2. The van der Waals surface area contributed by atoms with Gasteiger partial charge in [-0.1, -0.05) is 23.7 Å². The van der Waals surface area contributed by atoms with Crippen molar-refractivity contribution in [3.8, 4) is 0 Å². The zero-order chi connectivity index (χ0) is 18.1. The van der Waals surface area contributed by atoms with Gasteiger partial charge in [-0.05, 0) is 79.2 Å². The minimum Gasteiger partial charge on any atom is -0.371 e. The third-order valence-electron chi connectivity index (χ3n) is 5.37. The molecule has 0 aromatic heterocycles. The fraction of sp³-hybridized carbons (Fsp3) is 0.381. The Hall–Kier alpha value is -1.65. The topological polar surface area (TPSA) is 36.4 Å². The maximum atomic E-state index is 6.13. The number of hydrogen-bond donors (Lipinski definition) is 2. The van der Waals surface area contributed by atoms with Crippen LogP contribution in [0.15, 0.2) is 41.4 Å². The predicted octanol–water partition coefficient (Wildman–Crippen LogP) is 5.66. The molecule has 2 heterocycles. The number of amidine groups is 1. The van der Waals surface area contributed by atoms with Crippen molar-refractivity contribution in [3.05, 3.63) is 58.1 Å². The molecule has 0 amide bonds. The average molecular weight is 386 g/mol. The molecule has 2 aromatic rings. The third-order valence-corrected chi connectivity index (χ3v) is 6.59. The lowest BCUT2D eigenvalue weighted by molar-refractivity contribution is 0.559. The summed E-state index contributed by atoms with van der Waals surface area (Å²) in [7, 11) is 0. The summed E-state index contributed by atoms with van der Waals surface area (Å²) in [6, 6.07) is 12.4. The van der Waals surface area contributed by atoms with E-state index in [1.807, 2.05) is 30.0 Å². The van der Waals surface area contributed by atoms with Crippen molar-refractivity contribution in [2.45, 2.75) is 38.8 Å². The lowest BCUT2D eigenvalue weighted by atomic mass is 9.87. The SMILES string of the molecule is Cc1cc2c(cc1C)NC1(CCSCC1)C(=NCc1cccc(Cl)c1)N2. The Kier molecular flexibility index (Phi) is 4.89. The van der Waals surface area contributed by atoms with Crippen LogP contribution in [0.4, 0.5) is 11.4 Å². The van der Waals surface area contributed by atoms with Gasteiger partial charge in [-0.3, -0.25) is 4.99 Å². The summed E-state index contributed by atoms with van der Waals surface area (Å²) in [6.07, 6.45) is 2.18. The molecule has 5 heteroatoms. The zero-order valence-corrected chi connectivity index (χ0v) is 16.8. The van der Waals surface area contributed by atoms with Crippen LogP contribution in [0.5, 0.6) is 0 Å². The van der Waals surface area contributed by atoms with Crippen molar-refractivity contribution in [1.82, 2.24) is 0 Å².